The summed E-state index contributed by atoms with van der Waals surface area (Å²) in [7, 11) is 0. The minimum absolute atomic E-state index is 0.0885. The number of carbonyl (C=O) groups excluding carboxylic acids is 2. The highest BCUT2D eigenvalue weighted by Gasteiger charge is 2.23. The van der Waals surface area contributed by atoms with Crippen molar-refractivity contribution in [1.82, 2.24) is 25.5 Å². The smallest absolute Gasteiger partial charge is 0.257 e. The van der Waals surface area contributed by atoms with Gasteiger partial charge in [-0.15, -0.1) is 5.10 Å². The first-order chi connectivity index (χ1) is 12.7. The summed E-state index contributed by atoms with van der Waals surface area (Å²) in [4.78, 5) is 24.6. The van der Waals surface area contributed by atoms with Crippen molar-refractivity contribution in [3.05, 3.63) is 66.0 Å². The number of hydrogen-bond donors (Lipinski definition) is 2. The van der Waals surface area contributed by atoms with Gasteiger partial charge in [0, 0.05) is 17.3 Å². The lowest BCUT2D eigenvalue weighted by Crippen LogP contribution is -2.25. The average molecular weight is 348 g/mol. The molecule has 3 aromatic rings. The van der Waals surface area contributed by atoms with Crippen LogP contribution < -0.4 is 10.6 Å². The number of anilines is 1. The highest BCUT2D eigenvalue weighted by molar-refractivity contribution is 6.07. The van der Waals surface area contributed by atoms with Gasteiger partial charge in [-0.3, -0.25) is 9.59 Å². The van der Waals surface area contributed by atoms with Gasteiger partial charge in [-0.25, -0.2) is 0 Å². The van der Waals surface area contributed by atoms with Crippen molar-refractivity contribution in [2.75, 3.05) is 5.32 Å². The fraction of sp³-hybridized carbons (Fsp3) is 0.167. The van der Waals surface area contributed by atoms with E-state index in [4.69, 9.17) is 0 Å². The first-order valence-corrected chi connectivity index (χ1v) is 8.25. The Kier molecular flexibility index (Phi) is 4.14. The van der Waals surface area contributed by atoms with Gasteiger partial charge in [-0.2, -0.15) is 4.68 Å². The van der Waals surface area contributed by atoms with Crippen molar-refractivity contribution in [1.29, 1.82) is 0 Å². The lowest BCUT2D eigenvalue weighted by Gasteiger charge is -2.10. The first-order valence-electron chi connectivity index (χ1n) is 8.25. The van der Waals surface area contributed by atoms with Crippen LogP contribution in [0.1, 0.15) is 33.6 Å². The molecule has 2 aromatic carbocycles. The molecule has 8 heteroatoms. The number of nitrogens with one attached hydrogen (secondary N) is 2. The average Bonchev–Trinajstić information content (AvgIpc) is 3.31. The first kappa shape index (κ1) is 15.9. The molecule has 2 N–H and O–H groups in total. The van der Waals surface area contributed by atoms with Crippen LogP contribution in [0.2, 0.25) is 0 Å². The van der Waals surface area contributed by atoms with Gasteiger partial charge in [0.25, 0.3) is 11.8 Å². The van der Waals surface area contributed by atoms with Crippen LogP contribution in [-0.4, -0.2) is 38.1 Å². The van der Waals surface area contributed by atoms with Crippen LogP contribution in [0.4, 0.5) is 5.69 Å². The summed E-state index contributed by atoms with van der Waals surface area (Å²) >= 11 is 0. The summed E-state index contributed by atoms with van der Waals surface area (Å²) in [6, 6.07) is 14.2. The zero-order valence-corrected chi connectivity index (χ0v) is 13.8. The Labute approximate surface area is 149 Å². The molecule has 0 spiro atoms. The molecule has 0 saturated heterocycles. The normalized spacial score (nSPS) is 13.2. The number of tetrazole rings is 1. The molecular weight excluding hydrogens is 332 g/mol. The molecule has 1 aliphatic rings. The van der Waals surface area contributed by atoms with E-state index in [0.717, 1.165) is 12.8 Å². The topological polar surface area (TPSA) is 102 Å². The maximum Gasteiger partial charge on any atom is 0.257 e. The van der Waals surface area contributed by atoms with Gasteiger partial charge in [0.2, 0.25) is 0 Å². The van der Waals surface area contributed by atoms with Crippen LogP contribution in [0.3, 0.4) is 0 Å². The van der Waals surface area contributed by atoms with Gasteiger partial charge < -0.3 is 10.6 Å². The van der Waals surface area contributed by atoms with Crippen LogP contribution in [0, 0.1) is 0 Å². The molecule has 0 aliphatic heterocycles. The molecule has 4 rings (SSSR count). The maximum absolute atomic E-state index is 12.6. The molecule has 1 fully saturated rings. The Hall–Kier alpha value is -3.55. The molecule has 0 atom stereocenters. The van der Waals surface area contributed by atoms with Gasteiger partial charge in [-0.05, 0) is 59.7 Å². The highest BCUT2D eigenvalue weighted by Crippen LogP contribution is 2.20. The molecule has 1 aliphatic carbocycles. The van der Waals surface area contributed by atoms with Crippen LogP contribution in [0.5, 0.6) is 0 Å². The largest absolute Gasteiger partial charge is 0.349 e. The van der Waals surface area contributed by atoms with Crippen LogP contribution in [-0.2, 0) is 0 Å². The Bertz CT molecular complexity index is 933. The highest BCUT2D eigenvalue weighted by atomic mass is 16.2. The fourth-order valence-corrected chi connectivity index (χ4v) is 2.54. The Morgan fingerprint density at radius 1 is 1.00 bits per heavy atom. The molecule has 1 aromatic heterocycles. The Morgan fingerprint density at radius 3 is 2.46 bits per heavy atom. The third kappa shape index (κ3) is 3.44. The van der Waals surface area contributed by atoms with Gasteiger partial charge in [0.1, 0.15) is 6.33 Å². The van der Waals surface area contributed by atoms with Crippen molar-refractivity contribution in [2.45, 2.75) is 18.9 Å². The quantitative estimate of drug-likeness (QED) is 0.732. The fourth-order valence-electron chi connectivity index (χ4n) is 2.54. The summed E-state index contributed by atoms with van der Waals surface area (Å²) in [5, 5.41) is 16.8. The number of benzene rings is 2. The number of hydrogen-bond acceptors (Lipinski definition) is 5. The van der Waals surface area contributed by atoms with Crippen LogP contribution in [0.15, 0.2) is 54.9 Å². The summed E-state index contributed by atoms with van der Waals surface area (Å²) in [6.45, 7) is 0. The monoisotopic (exact) mass is 348 g/mol. The predicted molar refractivity (Wildman–Crippen MR) is 94.0 cm³/mol. The van der Waals surface area contributed by atoms with Crippen molar-refractivity contribution < 1.29 is 9.59 Å². The van der Waals surface area contributed by atoms with Crippen LogP contribution >= 0.6 is 0 Å². The van der Waals surface area contributed by atoms with Crippen molar-refractivity contribution in [2.24, 2.45) is 0 Å². The zero-order valence-electron chi connectivity index (χ0n) is 13.8. The lowest BCUT2D eigenvalue weighted by atomic mass is 10.1. The Morgan fingerprint density at radius 2 is 1.77 bits per heavy atom. The summed E-state index contributed by atoms with van der Waals surface area (Å²) in [5.74, 6) is -0.374. The van der Waals surface area contributed by atoms with Crippen molar-refractivity contribution >= 4 is 17.5 Å². The van der Waals surface area contributed by atoms with E-state index in [1.807, 2.05) is 0 Å². The molecule has 1 saturated carbocycles. The van der Waals surface area contributed by atoms with E-state index < -0.39 is 0 Å². The molecule has 130 valence electrons. The van der Waals surface area contributed by atoms with Gasteiger partial charge in [0.15, 0.2) is 0 Å². The second kappa shape index (κ2) is 6.75. The predicted octanol–water partition coefficient (Wildman–Crippen LogP) is 1.81. The number of para-hydroxylation sites is 1. The molecule has 26 heavy (non-hydrogen) atoms. The summed E-state index contributed by atoms with van der Waals surface area (Å²) < 4.78 is 1.43. The molecule has 0 unspecified atom stereocenters. The van der Waals surface area contributed by atoms with E-state index in [1.165, 1.54) is 11.0 Å². The zero-order chi connectivity index (χ0) is 17.9. The van der Waals surface area contributed by atoms with E-state index in [-0.39, 0.29) is 11.8 Å². The second-order valence-corrected chi connectivity index (χ2v) is 6.05. The Balaban J connectivity index is 1.49. The molecule has 8 nitrogen and oxygen atoms in total. The van der Waals surface area contributed by atoms with E-state index >= 15 is 0 Å². The lowest BCUT2D eigenvalue weighted by molar-refractivity contribution is 0.0950. The SMILES string of the molecule is O=C(NC1CC1)c1ccc(NC(=O)c2ccccc2-n2cnnn2)cc1. The second-order valence-electron chi connectivity index (χ2n) is 6.05. The van der Waals surface area contributed by atoms with Gasteiger partial charge in [-0.1, -0.05) is 12.1 Å². The van der Waals surface area contributed by atoms with Crippen molar-refractivity contribution in [3.8, 4) is 5.69 Å². The number of rotatable bonds is 5. The standard InChI is InChI=1S/C18H16N6O2/c25-17(20-14-9-10-14)12-5-7-13(8-6-12)21-18(26)15-3-1-2-4-16(15)24-11-19-22-23-24/h1-8,11,14H,9-10H2,(H,20,25)(H,21,26). The summed E-state index contributed by atoms with van der Waals surface area (Å²) in [6.07, 6.45) is 3.51. The third-order valence-electron chi connectivity index (χ3n) is 4.06. The minimum Gasteiger partial charge on any atom is -0.349 e. The maximum atomic E-state index is 12.6. The van der Waals surface area contributed by atoms with Gasteiger partial charge >= 0.3 is 0 Å². The number of aromatic nitrogens is 4. The molecule has 1 heterocycles. The van der Waals surface area contributed by atoms with Crippen LogP contribution in [0.25, 0.3) is 5.69 Å². The molecule has 0 bridgehead atoms. The van der Waals surface area contributed by atoms with Gasteiger partial charge in [0.05, 0.1) is 11.3 Å². The van der Waals surface area contributed by atoms with E-state index in [9.17, 15) is 9.59 Å². The minimum atomic E-state index is -0.286. The summed E-state index contributed by atoms with van der Waals surface area (Å²) in [5.41, 5.74) is 2.19. The number of nitrogens with zero attached hydrogens (tertiary/aromatic N) is 4. The number of amides is 2. The van der Waals surface area contributed by atoms with E-state index in [2.05, 4.69) is 26.2 Å². The molecule has 0 radical (unpaired) electrons. The van der Waals surface area contributed by atoms with Crippen molar-refractivity contribution in [3.63, 3.8) is 0 Å². The number of carbonyl (C=O) groups is 2. The third-order valence-corrected chi connectivity index (χ3v) is 4.06. The van der Waals surface area contributed by atoms with E-state index in [1.54, 1.807) is 48.5 Å². The van der Waals surface area contributed by atoms with E-state index in [0.29, 0.717) is 28.5 Å². The molecule has 2 amide bonds. The molecular formula is C18H16N6O2.